The van der Waals surface area contributed by atoms with E-state index in [2.05, 4.69) is 35.0 Å². The van der Waals surface area contributed by atoms with Gasteiger partial charge in [-0.1, -0.05) is 20.3 Å². The van der Waals surface area contributed by atoms with E-state index in [1.165, 1.54) is 10.6 Å². The van der Waals surface area contributed by atoms with Crippen LogP contribution in [0.1, 0.15) is 37.9 Å². The minimum absolute atomic E-state index is 0.153. The van der Waals surface area contributed by atoms with Crippen LogP contribution in [0.5, 0.6) is 11.5 Å². The van der Waals surface area contributed by atoms with Crippen LogP contribution in [0.4, 0.5) is 5.82 Å². The molecular formula is C33H38N6O4S. The first-order chi connectivity index (χ1) is 21.2. The third-order valence-corrected chi connectivity index (χ3v) is 9.56. The van der Waals surface area contributed by atoms with Crippen LogP contribution >= 0.6 is 0 Å². The molecule has 11 heteroatoms. The summed E-state index contributed by atoms with van der Waals surface area (Å²) in [6.07, 6.45) is 3.75. The van der Waals surface area contributed by atoms with E-state index in [-0.39, 0.29) is 5.91 Å². The largest absolute Gasteiger partial charge is 0.457 e. The number of carbonyl (C=O) groups excluding carboxylic acids is 1. The predicted octanol–water partition coefficient (Wildman–Crippen LogP) is 4.89. The second-order valence-electron chi connectivity index (χ2n) is 11.8. The topological polar surface area (TPSA) is 109 Å². The first kappa shape index (κ1) is 30.0. The van der Waals surface area contributed by atoms with Gasteiger partial charge in [0.15, 0.2) is 0 Å². The third-order valence-electron chi connectivity index (χ3n) is 8.26. The highest BCUT2D eigenvalue weighted by atomic mass is 32.2. The molecule has 230 valence electrons. The molecule has 44 heavy (non-hydrogen) atoms. The molecule has 2 aliphatic rings. The van der Waals surface area contributed by atoms with E-state index >= 15 is 0 Å². The maximum Gasteiger partial charge on any atom is 0.223 e. The second-order valence-corrected chi connectivity index (χ2v) is 13.8. The number of hydrogen-bond acceptors (Lipinski definition) is 8. The monoisotopic (exact) mass is 614 g/mol. The number of nitrogens with zero attached hydrogens (tertiary/aromatic N) is 6. The summed E-state index contributed by atoms with van der Waals surface area (Å²) in [5, 5.41) is 9.68. The van der Waals surface area contributed by atoms with Crippen molar-refractivity contribution >= 4 is 32.7 Å². The average Bonchev–Trinajstić information content (AvgIpc) is 3.33. The van der Waals surface area contributed by atoms with Crippen molar-refractivity contribution in [1.29, 1.82) is 0 Å². The van der Waals surface area contributed by atoms with Crippen LogP contribution in [-0.4, -0.2) is 77.7 Å². The Morgan fingerprint density at radius 2 is 1.73 bits per heavy atom. The van der Waals surface area contributed by atoms with Crippen LogP contribution in [0.3, 0.4) is 0 Å². The van der Waals surface area contributed by atoms with E-state index < -0.39 is 10.0 Å². The third kappa shape index (κ3) is 6.68. The molecule has 2 aromatic carbocycles. The summed E-state index contributed by atoms with van der Waals surface area (Å²) < 4.78 is 31.9. The van der Waals surface area contributed by atoms with E-state index in [0.29, 0.717) is 56.6 Å². The number of hydrogen-bond donors (Lipinski definition) is 0. The van der Waals surface area contributed by atoms with Gasteiger partial charge in [0.2, 0.25) is 15.9 Å². The average molecular weight is 615 g/mol. The van der Waals surface area contributed by atoms with Crippen molar-refractivity contribution in [2.24, 2.45) is 5.92 Å². The lowest BCUT2D eigenvalue weighted by atomic mass is 10.1. The summed E-state index contributed by atoms with van der Waals surface area (Å²) >= 11 is 0. The number of aryl methyl sites for hydroxylation is 1. The lowest BCUT2D eigenvalue weighted by molar-refractivity contribution is -0.128. The number of aromatic nitrogens is 3. The lowest BCUT2D eigenvalue weighted by Crippen LogP contribution is -2.48. The highest BCUT2D eigenvalue weighted by Crippen LogP contribution is 2.34. The molecule has 2 saturated heterocycles. The van der Waals surface area contributed by atoms with Crippen molar-refractivity contribution in [3.05, 3.63) is 71.9 Å². The van der Waals surface area contributed by atoms with Crippen LogP contribution in [0.2, 0.25) is 0 Å². The number of pyridine rings is 1. The fourth-order valence-corrected chi connectivity index (χ4v) is 6.71. The van der Waals surface area contributed by atoms with Gasteiger partial charge < -0.3 is 14.5 Å². The fraction of sp³-hybridized carbons (Fsp3) is 0.394. The molecule has 0 spiro atoms. The fourth-order valence-electron chi connectivity index (χ4n) is 5.88. The standard InChI is InChI=1S/C33H38N6O4S/c1-4-5-27-9-12-29(36-35-27)24-6-10-28(11-7-24)43-31-20-30-25(19-26(31)22-38-21-23(2)18-33(38)40)8-13-32(34-30)37-14-16-39(17-15-37)44(3,41)42/h6-13,19-20,23H,4-5,14-18,21-22H2,1-3H3/t23-/m0/s1. The Morgan fingerprint density at radius 1 is 0.955 bits per heavy atom. The van der Waals surface area contributed by atoms with Gasteiger partial charge >= 0.3 is 0 Å². The molecule has 0 bridgehead atoms. The van der Waals surface area contributed by atoms with Crippen molar-refractivity contribution in [2.75, 3.05) is 43.9 Å². The highest BCUT2D eigenvalue weighted by Gasteiger charge is 2.28. The molecule has 0 radical (unpaired) electrons. The zero-order valence-corrected chi connectivity index (χ0v) is 26.3. The van der Waals surface area contributed by atoms with Crippen molar-refractivity contribution in [3.8, 4) is 22.8 Å². The Morgan fingerprint density at radius 3 is 2.36 bits per heavy atom. The SMILES string of the molecule is CCCc1ccc(-c2ccc(Oc3cc4nc(N5CCN(S(C)(=O)=O)CC5)ccc4cc3CN3C[C@@H](C)CC3=O)cc2)nn1. The van der Waals surface area contributed by atoms with Crippen LogP contribution in [0, 0.1) is 5.92 Å². The number of carbonyl (C=O) groups is 1. The first-order valence-electron chi connectivity index (χ1n) is 15.2. The summed E-state index contributed by atoms with van der Waals surface area (Å²) in [4.78, 5) is 21.6. The van der Waals surface area contributed by atoms with E-state index in [1.807, 2.05) is 59.5 Å². The number of likely N-dealkylation sites (tertiary alicyclic amines) is 1. The molecule has 4 aromatic rings. The molecule has 2 aliphatic heterocycles. The van der Waals surface area contributed by atoms with Gasteiger partial charge in [-0.2, -0.15) is 14.5 Å². The highest BCUT2D eigenvalue weighted by molar-refractivity contribution is 7.88. The molecule has 2 fully saturated rings. The predicted molar refractivity (Wildman–Crippen MR) is 171 cm³/mol. The van der Waals surface area contributed by atoms with Gasteiger partial charge in [0, 0.05) is 68.3 Å². The Balaban J connectivity index is 1.27. The molecule has 0 unspecified atom stereocenters. The van der Waals surface area contributed by atoms with Crippen molar-refractivity contribution in [3.63, 3.8) is 0 Å². The summed E-state index contributed by atoms with van der Waals surface area (Å²) in [5.74, 6) is 2.59. The molecule has 0 N–H and O–H groups in total. The zero-order valence-electron chi connectivity index (χ0n) is 25.4. The Hall–Kier alpha value is -4.09. The van der Waals surface area contributed by atoms with E-state index in [0.717, 1.165) is 58.6 Å². The molecule has 4 heterocycles. The normalized spacial score (nSPS) is 17.9. The van der Waals surface area contributed by atoms with E-state index in [4.69, 9.17) is 9.72 Å². The van der Waals surface area contributed by atoms with Gasteiger partial charge in [-0.05, 0) is 66.9 Å². The number of benzene rings is 2. The number of sulfonamides is 1. The molecule has 1 amide bonds. The van der Waals surface area contributed by atoms with Gasteiger partial charge in [-0.15, -0.1) is 0 Å². The molecule has 0 aliphatic carbocycles. The Kier molecular flexibility index (Phi) is 8.50. The minimum atomic E-state index is -3.21. The second kappa shape index (κ2) is 12.5. The molecule has 2 aromatic heterocycles. The van der Waals surface area contributed by atoms with Crippen LogP contribution < -0.4 is 9.64 Å². The van der Waals surface area contributed by atoms with Crippen molar-refractivity contribution < 1.29 is 17.9 Å². The van der Waals surface area contributed by atoms with E-state index in [9.17, 15) is 13.2 Å². The molecule has 10 nitrogen and oxygen atoms in total. The molecule has 6 rings (SSSR count). The van der Waals surface area contributed by atoms with Gasteiger partial charge in [0.25, 0.3) is 0 Å². The van der Waals surface area contributed by atoms with Gasteiger partial charge in [-0.3, -0.25) is 4.79 Å². The van der Waals surface area contributed by atoms with E-state index in [1.54, 1.807) is 0 Å². The number of piperazine rings is 1. The van der Waals surface area contributed by atoms with Crippen LogP contribution in [-0.2, 0) is 27.8 Å². The van der Waals surface area contributed by atoms with Gasteiger partial charge in [0.1, 0.15) is 17.3 Å². The minimum Gasteiger partial charge on any atom is -0.457 e. The van der Waals surface area contributed by atoms with Crippen molar-refractivity contribution in [1.82, 2.24) is 24.4 Å². The maximum absolute atomic E-state index is 12.7. The maximum atomic E-state index is 12.7. The van der Waals surface area contributed by atoms with Gasteiger partial charge in [0.05, 0.1) is 23.2 Å². The molecular weight excluding hydrogens is 576 g/mol. The molecule has 1 atom stereocenters. The van der Waals surface area contributed by atoms with Crippen LogP contribution in [0.15, 0.2) is 60.7 Å². The number of amides is 1. The Bertz CT molecular complexity index is 1750. The van der Waals surface area contributed by atoms with Gasteiger partial charge in [-0.25, -0.2) is 13.4 Å². The Labute approximate surface area is 258 Å². The number of rotatable bonds is 9. The number of anilines is 1. The van der Waals surface area contributed by atoms with Crippen molar-refractivity contribution in [2.45, 2.75) is 39.7 Å². The summed E-state index contributed by atoms with van der Waals surface area (Å²) in [7, 11) is -3.21. The lowest BCUT2D eigenvalue weighted by Gasteiger charge is -2.34. The summed E-state index contributed by atoms with van der Waals surface area (Å²) in [6, 6.07) is 19.8. The molecule has 0 saturated carbocycles. The summed E-state index contributed by atoms with van der Waals surface area (Å²) in [5.41, 5.74) is 4.42. The van der Waals surface area contributed by atoms with Crippen LogP contribution in [0.25, 0.3) is 22.2 Å². The first-order valence-corrected chi connectivity index (χ1v) is 17.0. The smallest absolute Gasteiger partial charge is 0.223 e. The number of ether oxygens (including phenoxy) is 1. The quantitative estimate of drug-likeness (QED) is 0.262. The summed E-state index contributed by atoms with van der Waals surface area (Å²) in [6.45, 7) is 7.40. The number of fused-ring (bicyclic) bond motifs is 1. The zero-order chi connectivity index (χ0) is 30.8.